The summed E-state index contributed by atoms with van der Waals surface area (Å²) in [7, 11) is 1.06. The molecule has 1 aliphatic rings. The van der Waals surface area contributed by atoms with Crippen LogP contribution in [0.5, 0.6) is 5.75 Å². The average Bonchev–Trinajstić information content (AvgIpc) is 2.88. The third-order valence-corrected chi connectivity index (χ3v) is 7.62. The van der Waals surface area contributed by atoms with Crippen molar-refractivity contribution >= 4 is 21.7 Å². The molecule has 10 heteroatoms. The Bertz CT molecular complexity index is 1250. The van der Waals surface area contributed by atoms with E-state index in [1.54, 1.807) is 24.1 Å². The van der Waals surface area contributed by atoms with E-state index in [1.807, 2.05) is 36.4 Å². The van der Waals surface area contributed by atoms with E-state index in [2.05, 4.69) is 15.1 Å². The Labute approximate surface area is 199 Å². The van der Waals surface area contributed by atoms with E-state index >= 15 is 0 Å². The zero-order valence-electron chi connectivity index (χ0n) is 19.4. The molecule has 1 aromatic heterocycles. The van der Waals surface area contributed by atoms with Crippen molar-refractivity contribution in [2.75, 3.05) is 52.3 Å². The molecule has 4 rings (SSSR count). The second-order valence-corrected chi connectivity index (χ2v) is 10.3. The Morgan fingerprint density at radius 3 is 2.24 bits per heavy atom. The average molecular weight is 482 g/mol. The number of amides is 1. The molecule has 0 N–H and O–H groups in total. The van der Waals surface area contributed by atoms with E-state index in [0.29, 0.717) is 31.7 Å². The molecule has 9 nitrogen and oxygen atoms in total. The number of piperazine rings is 1. The van der Waals surface area contributed by atoms with Crippen LogP contribution in [-0.4, -0.2) is 81.1 Å². The van der Waals surface area contributed by atoms with Crippen molar-refractivity contribution in [2.45, 2.75) is 4.90 Å². The highest BCUT2D eigenvalue weighted by molar-refractivity contribution is 7.89. The first-order chi connectivity index (χ1) is 16.3. The summed E-state index contributed by atoms with van der Waals surface area (Å²) in [5.41, 5.74) is 2.16. The topological polar surface area (TPSA) is 95.9 Å². The van der Waals surface area contributed by atoms with E-state index in [4.69, 9.17) is 4.74 Å². The minimum absolute atomic E-state index is 0.118. The van der Waals surface area contributed by atoms with Gasteiger partial charge in [-0.25, -0.2) is 12.7 Å². The summed E-state index contributed by atoms with van der Waals surface area (Å²) in [5, 5.41) is 8.74. The zero-order valence-corrected chi connectivity index (χ0v) is 20.2. The lowest BCUT2D eigenvalue weighted by Gasteiger charge is -2.35. The van der Waals surface area contributed by atoms with E-state index in [1.165, 1.54) is 26.2 Å². The molecule has 3 aromatic rings. The fourth-order valence-corrected chi connectivity index (χ4v) is 4.63. The number of hydrogen-bond acceptors (Lipinski definition) is 7. The molecule has 0 spiro atoms. The summed E-state index contributed by atoms with van der Waals surface area (Å²) in [6, 6.07) is 17.6. The van der Waals surface area contributed by atoms with Crippen LogP contribution in [0.15, 0.2) is 65.6 Å². The maximum atomic E-state index is 12.9. The quantitative estimate of drug-likeness (QED) is 0.533. The number of aromatic nitrogens is 2. The highest BCUT2D eigenvalue weighted by Gasteiger charge is 2.24. The van der Waals surface area contributed by atoms with E-state index in [9.17, 15) is 13.2 Å². The lowest BCUT2D eigenvalue weighted by Crippen LogP contribution is -2.49. The van der Waals surface area contributed by atoms with E-state index in [0.717, 1.165) is 27.1 Å². The third kappa shape index (κ3) is 4.87. The van der Waals surface area contributed by atoms with Crippen LogP contribution in [0.2, 0.25) is 0 Å². The van der Waals surface area contributed by atoms with Crippen molar-refractivity contribution in [3.63, 3.8) is 0 Å². The van der Waals surface area contributed by atoms with Gasteiger partial charge in [-0.15, -0.1) is 10.2 Å². The van der Waals surface area contributed by atoms with Crippen molar-refractivity contribution in [1.29, 1.82) is 0 Å². The van der Waals surface area contributed by atoms with Gasteiger partial charge in [-0.2, -0.15) is 0 Å². The van der Waals surface area contributed by atoms with Gasteiger partial charge in [0.05, 0.1) is 17.7 Å². The smallest absolute Gasteiger partial charge is 0.253 e. The van der Waals surface area contributed by atoms with Crippen molar-refractivity contribution in [1.82, 2.24) is 19.4 Å². The van der Waals surface area contributed by atoms with Crippen molar-refractivity contribution in [3.8, 4) is 17.0 Å². The van der Waals surface area contributed by atoms with E-state index in [-0.39, 0.29) is 10.8 Å². The monoisotopic (exact) mass is 481 g/mol. The van der Waals surface area contributed by atoms with Gasteiger partial charge in [-0.1, -0.05) is 12.1 Å². The Hall–Kier alpha value is -3.50. The molecule has 1 aliphatic heterocycles. The van der Waals surface area contributed by atoms with E-state index < -0.39 is 10.0 Å². The predicted octanol–water partition coefficient (Wildman–Crippen LogP) is 2.36. The molecule has 2 heterocycles. The first kappa shape index (κ1) is 23.7. The van der Waals surface area contributed by atoms with Crippen LogP contribution in [0.4, 0.5) is 5.82 Å². The molecule has 0 bridgehead atoms. The van der Waals surface area contributed by atoms with Crippen LogP contribution in [0.25, 0.3) is 11.3 Å². The van der Waals surface area contributed by atoms with Crippen LogP contribution in [0.3, 0.4) is 0 Å². The number of rotatable bonds is 6. The zero-order chi connectivity index (χ0) is 24.3. The number of benzene rings is 2. The molecule has 0 saturated carbocycles. The fourth-order valence-electron chi connectivity index (χ4n) is 3.73. The molecule has 2 aromatic carbocycles. The van der Waals surface area contributed by atoms with Gasteiger partial charge >= 0.3 is 0 Å². The van der Waals surface area contributed by atoms with Crippen molar-refractivity contribution in [3.05, 3.63) is 66.2 Å². The number of ether oxygens (including phenoxy) is 1. The molecule has 0 aliphatic carbocycles. The molecule has 34 heavy (non-hydrogen) atoms. The maximum absolute atomic E-state index is 12.9. The number of nitrogens with zero attached hydrogens (tertiary/aromatic N) is 5. The molecular formula is C24H27N5O4S. The van der Waals surface area contributed by atoms with Crippen LogP contribution in [0.1, 0.15) is 10.4 Å². The Morgan fingerprint density at radius 2 is 1.65 bits per heavy atom. The number of carbonyl (C=O) groups excluding carboxylic acids is 1. The maximum Gasteiger partial charge on any atom is 0.253 e. The normalized spacial score (nSPS) is 14.4. The van der Waals surface area contributed by atoms with Gasteiger partial charge in [-0.3, -0.25) is 4.79 Å². The number of hydrogen-bond donors (Lipinski definition) is 0. The second-order valence-electron chi connectivity index (χ2n) is 8.10. The largest absolute Gasteiger partial charge is 0.497 e. The minimum Gasteiger partial charge on any atom is -0.497 e. The Morgan fingerprint density at radius 1 is 0.941 bits per heavy atom. The van der Waals surface area contributed by atoms with Gasteiger partial charge in [0.1, 0.15) is 5.75 Å². The number of methoxy groups -OCH3 is 1. The molecule has 0 radical (unpaired) electrons. The van der Waals surface area contributed by atoms with Crippen LogP contribution >= 0.6 is 0 Å². The van der Waals surface area contributed by atoms with Gasteiger partial charge in [0.15, 0.2) is 5.82 Å². The summed E-state index contributed by atoms with van der Waals surface area (Å²) < 4.78 is 30.9. The summed E-state index contributed by atoms with van der Waals surface area (Å²) in [6.07, 6.45) is 0. The summed E-state index contributed by atoms with van der Waals surface area (Å²) in [5.74, 6) is 1.41. The molecule has 1 saturated heterocycles. The van der Waals surface area contributed by atoms with Gasteiger partial charge in [0, 0.05) is 51.4 Å². The minimum atomic E-state index is -3.52. The highest BCUT2D eigenvalue weighted by Crippen LogP contribution is 2.23. The van der Waals surface area contributed by atoms with Gasteiger partial charge in [0.25, 0.3) is 5.91 Å². The highest BCUT2D eigenvalue weighted by atomic mass is 32.2. The van der Waals surface area contributed by atoms with Crippen LogP contribution in [-0.2, 0) is 10.0 Å². The van der Waals surface area contributed by atoms with Gasteiger partial charge < -0.3 is 14.5 Å². The molecule has 0 unspecified atom stereocenters. The van der Waals surface area contributed by atoms with Crippen LogP contribution in [0, 0.1) is 0 Å². The molecule has 1 amide bonds. The lowest BCUT2D eigenvalue weighted by molar-refractivity contribution is 0.0746. The van der Waals surface area contributed by atoms with Crippen LogP contribution < -0.4 is 9.64 Å². The molecule has 1 fully saturated rings. The number of anilines is 1. The first-order valence-electron chi connectivity index (χ1n) is 10.8. The lowest BCUT2D eigenvalue weighted by atomic mass is 10.1. The molecular weight excluding hydrogens is 454 g/mol. The number of carbonyl (C=O) groups is 1. The molecule has 178 valence electrons. The summed E-state index contributed by atoms with van der Waals surface area (Å²) in [6.45, 7) is 2.34. The Balaban J connectivity index is 1.38. The SMILES string of the molecule is COc1cccc(-c2ccc(N3CCN(C(=O)c4ccc(S(=O)(=O)N(C)C)cc4)CC3)nn2)c1. The van der Waals surface area contributed by atoms with Gasteiger partial charge in [-0.05, 0) is 48.5 Å². The fraction of sp³-hybridized carbons (Fsp3) is 0.292. The molecule has 0 atom stereocenters. The Kier molecular flexibility index (Phi) is 6.80. The number of sulfonamides is 1. The standard InChI is InChI=1S/C24H27N5O4S/c1-27(2)34(31,32)21-9-7-18(8-10-21)24(30)29-15-13-28(14-16-29)23-12-11-22(25-26-23)19-5-4-6-20(17-19)33-3/h4-12,17H,13-16H2,1-3H3. The first-order valence-corrected chi connectivity index (χ1v) is 12.3. The summed E-state index contributed by atoms with van der Waals surface area (Å²) >= 11 is 0. The third-order valence-electron chi connectivity index (χ3n) is 5.79. The predicted molar refractivity (Wildman–Crippen MR) is 129 cm³/mol. The van der Waals surface area contributed by atoms with Crippen molar-refractivity contribution < 1.29 is 17.9 Å². The van der Waals surface area contributed by atoms with Gasteiger partial charge in [0.2, 0.25) is 10.0 Å². The second kappa shape index (κ2) is 9.78. The van der Waals surface area contributed by atoms with Crippen molar-refractivity contribution in [2.24, 2.45) is 0 Å². The summed E-state index contributed by atoms with van der Waals surface area (Å²) in [4.78, 5) is 16.9.